The molecule has 2 nitrogen and oxygen atoms in total. The molecule has 1 heterocycles. The first-order chi connectivity index (χ1) is 25.8. The van der Waals surface area contributed by atoms with E-state index in [1.54, 1.807) is 0 Å². The number of hydrogen-bond donors (Lipinski definition) is 0. The highest BCUT2D eigenvalue weighted by Crippen LogP contribution is 2.43. The molecule has 2 heteroatoms. The summed E-state index contributed by atoms with van der Waals surface area (Å²) >= 11 is 0. The highest BCUT2D eigenvalue weighted by atomic mass is 16.3. The molecule has 0 amide bonds. The largest absolute Gasteiger partial charge is 0.454 e. The van der Waals surface area contributed by atoms with Gasteiger partial charge in [0.1, 0.15) is 5.58 Å². The smallest absolute Gasteiger partial charge is 0.159 e. The maximum Gasteiger partial charge on any atom is 0.159 e. The Morgan fingerprint density at radius 3 is 1.83 bits per heavy atom. The van der Waals surface area contributed by atoms with Crippen LogP contribution in [0, 0.1) is 0 Å². The second-order valence-electron chi connectivity index (χ2n) is 13.4. The van der Waals surface area contributed by atoms with Crippen molar-refractivity contribution >= 4 is 60.5 Å². The summed E-state index contributed by atoms with van der Waals surface area (Å²) in [5, 5.41) is 7.21. The van der Waals surface area contributed by atoms with Gasteiger partial charge in [0, 0.05) is 22.1 Å². The minimum Gasteiger partial charge on any atom is -0.454 e. The predicted molar refractivity (Wildman–Crippen MR) is 220 cm³/mol. The number of para-hydroxylation sites is 2. The Kier molecular flexibility index (Phi) is 7.18. The molecule has 10 aromatic rings. The number of benzene rings is 9. The van der Waals surface area contributed by atoms with Crippen LogP contribution in [0.15, 0.2) is 205 Å². The molecular weight excluding hydrogens is 631 g/mol. The van der Waals surface area contributed by atoms with Gasteiger partial charge in [0.05, 0.1) is 5.69 Å². The summed E-state index contributed by atoms with van der Waals surface area (Å²) < 4.78 is 6.61. The quantitative estimate of drug-likeness (QED) is 0.176. The summed E-state index contributed by atoms with van der Waals surface area (Å²) in [5.41, 5.74) is 12.0. The van der Waals surface area contributed by atoms with E-state index in [1.807, 2.05) is 12.1 Å². The number of nitrogens with zero attached hydrogens (tertiary/aromatic N) is 1. The molecule has 10 rings (SSSR count). The van der Waals surface area contributed by atoms with Crippen molar-refractivity contribution in [2.24, 2.45) is 0 Å². The Morgan fingerprint density at radius 1 is 0.327 bits per heavy atom. The van der Waals surface area contributed by atoms with E-state index in [0.29, 0.717) is 0 Å². The molecule has 244 valence electrons. The molecule has 0 radical (unpaired) electrons. The standard InChI is InChI=1S/C50H33NO/c1-2-13-37-31-40(26-25-34(37)11-1)35-27-29-42(30-28-35)51(48-23-10-22-47-46-20-5-6-24-49(46)52-50(47)48)43-18-8-16-39(33-43)38-15-7-17-41(32-38)45-21-9-14-36-12-3-4-19-44(36)45/h1-33H. The third-order valence-electron chi connectivity index (χ3n) is 10.2. The number of anilines is 3. The topological polar surface area (TPSA) is 16.4 Å². The first-order valence-corrected chi connectivity index (χ1v) is 17.8. The van der Waals surface area contributed by atoms with Crippen molar-refractivity contribution in [2.75, 3.05) is 4.90 Å². The number of fused-ring (bicyclic) bond motifs is 5. The second kappa shape index (κ2) is 12.5. The van der Waals surface area contributed by atoms with Crippen molar-refractivity contribution in [3.63, 3.8) is 0 Å². The Morgan fingerprint density at radius 2 is 0.942 bits per heavy atom. The minimum absolute atomic E-state index is 0.866. The molecule has 52 heavy (non-hydrogen) atoms. The van der Waals surface area contributed by atoms with Crippen molar-refractivity contribution in [3.05, 3.63) is 200 Å². The molecule has 0 bridgehead atoms. The summed E-state index contributed by atoms with van der Waals surface area (Å²) in [5.74, 6) is 0. The van der Waals surface area contributed by atoms with Crippen LogP contribution in [-0.2, 0) is 0 Å². The van der Waals surface area contributed by atoms with Crippen molar-refractivity contribution in [2.45, 2.75) is 0 Å². The molecule has 9 aromatic carbocycles. The van der Waals surface area contributed by atoms with E-state index in [0.717, 1.165) is 44.6 Å². The van der Waals surface area contributed by atoms with Crippen LogP contribution in [-0.4, -0.2) is 0 Å². The van der Waals surface area contributed by atoms with E-state index < -0.39 is 0 Å². The van der Waals surface area contributed by atoms with Crippen molar-refractivity contribution in [1.29, 1.82) is 0 Å². The Balaban J connectivity index is 1.11. The van der Waals surface area contributed by atoms with E-state index in [4.69, 9.17) is 4.42 Å². The summed E-state index contributed by atoms with van der Waals surface area (Å²) in [6, 6.07) is 71.7. The van der Waals surface area contributed by atoms with E-state index >= 15 is 0 Å². The Bertz CT molecular complexity index is 2910. The Hall–Kier alpha value is -6.90. The summed E-state index contributed by atoms with van der Waals surface area (Å²) in [4.78, 5) is 2.33. The third kappa shape index (κ3) is 5.21. The van der Waals surface area contributed by atoms with Crippen LogP contribution in [0.25, 0.3) is 76.9 Å². The lowest BCUT2D eigenvalue weighted by Gasteiger charge is -2.26. The summed E-state index contributed by atoms with van der Waals surface area (Å²) in [6.45, 7) is 0. The second-order valence-corrected chi connectivity index (χ2v) is 13.4. The zero-order chi connectivity index (χ0) is 34.4. The van der Waals surface area contributed by atoms with Crippen LogP contribution < -0.4 is 4.90 Å². The maximum absolute atomic E-state index is 6.61. The van der Waals surface area contributed by atoms with Gasteiger partial charge in [0.15, 0.2) is 5.58 Å². The molecular formula is C50H33NO. The van der Waals surface area contributed by atoms with Crippen LogP contribution in [0.2, 0.25) is 0 Å². The molecule has 0 aliphatic carbocycles. The van der Waals surface area contributed by atoms with Crippen LogP contribution in [0.3, 0.4) is 0 Å². The fourth-order valence-corrected chi connectivity index (χ4v) is 7.68. The first-order valence-electron chi connectivity index (χ1n) is 17.8. The minimum atomic E-state index is 0.866. The van der Waals surface area contributed by atoms with Gasteiger partial charge in [-0.25, -0.2) is 0 Å². The van der Waals surface area contributed by atoms with Gasteiger partial charge >= 0.3 is 0 Å². The zero-order valence-corrected chi connectivity index (χ0v) is 28.4. The molecule has 0 atom stereocenters. The summed E-state index contributed by atoms with van der Waals surface area (Å²) in [6.07, 6.45) is 0. The van der Waals surface area contributed by atoms with Gasteiger partial charge in [-0.15, -0.1) is 0 Å². The van der Waals surface area contributed by atoms with Gasteiger partial charge in [0.2, 0.25) is 0 Å². The van der Waals surface area contributed by atoms with Gasteiger partial charge in [0.25, 0.3) is 0 Å². The van der Waals surface area contributed by atoms with Crippen molar-refractivity contribution < 1.29 is 4.42 Å². The molecule has 0 saturated heterocycles. The average molecular weight is 664 g/mol. The van der Waals surface area contributed by atoms with Crippen LogP contribution in [0.1, 0.15) is 0 Å². The van der Waals surface area contributed by atoms with Gasteiger partial charge in [-0.05, 0) is 103 Å². The third-order valence-corrected chi connectivity index (χ3v) is 10.2. The van der Waals surface area contributed by atoms with Gasteiger partial charge in [-0.3, -0.25) is 0 Å². The van der Waals surface area contributed by atoms with Crippen molar-refractivity contribution in [1.82, 2.24) is 0 Å². The maximum atomic E-state index is 6.61. The highest BCUT2D eigenvalue weighted by Gasteiger charge is 2.20. The normalized spacial score (nSPS) is 11.5. The van der Waals surface area contributed by atoms with Gasteiger partial charge in [-0.1, -0.05) is 152 Å². The van der Waals surface area contributed by atoms with Crippen LogP contribution in [0.5, 0.6) is 0 Å². The van der Waals surface area contributed by atoms with E-state index in [1.165, 1.54) is 49.4 Å². The highest BCUT2D eigenvalue weighted by molar-refractivity contribution is 6.10. The number of rotatable bonds is 6. The fraction of sp³-hybridized carbons (Fsp3) is 0. The molecule has 1 aromatic heterocycles. The molecule has 0 N–H and O–H groups in total. The fourth-order valence-electron chi connectivity index (χ4n) is 7.68. The lowest BCUT2D eigenvalue weighted by atomic mass is 9.95. The SMILES string of the molecule is c1cc(-c2cccc(N(c3ccc(-c4ccc5ccccc5c4)cc3)c3cccc4c3oc3ccccc34)c2)cc(-c2cccc3ccccc23)c1. The van der Waals surface area contributed by atoms with E-state index in [2.05, 4.69) is 193 Å². The molecule has 0 spiro atoms. The predicted octanol–water partition coefficient (Wildman–Crippen LogP) is 14.4. The zero-order valence-electron chi connectivity index (χ0n) is 28.4. The average Bonchev–Trinajstić information content (AvgIpc) is 3.61. The van der Waals surface area contributed by atoms with E-state index in [9.17, 15) is 0 Å². The molecule has 0 aliphatic heterocycles. The lowest BCUT2D eigenvalue weighted by molar-refractivity contribution is 0.669. The first kappa shape index (κ1) is 30.0. The van der Waals surface area contributed by atoms with E-state index in [-0.39, 0.29) is 0 Å². The molecule has 0 saturated carbocycles. The van der Waals surface area contributed by atoms with Gasteiger partial charge < -0.3 is 9.32 Å². The lowest BCUT2D eigenvalue weighted by Crippen LogP contribution is -2.10. The monoisotopic (exact) mass is 663 g/mol. The number of furan rings is 1. The Labute approximate surface area is 302 Å². The molecule has 0 unspecified atom stereocenters. The molecule has 0 fully saturated rings. The van der Waals surface area contributed by atoms with Crippen LogP contribution in [0.4, 0.5) is 17.1 Å². The van der Waals surface area contributed by atoms with Crippen LogP contribution >= 0.6 is 0 Å². The van der Waals surface area contributed by atoms with Gasteiger partial charge in [-0.2, -0.15) is 0 Å². The number of hydrogen-bond acceptors (Lipinski definition) is 2. The summed E-state index contributed by atoms with van der Waals surface area (Å²) in [7, 11) is 0. The van der Waals surface area contributed by atoms with Crippen molar-refractivity contribution in [3.8, 4) is 33.4 Å². The molecule has 0 aliphatic rings.